The molecule has 0 atom stereocenters. The predicted molar refractivity (Wildman–Crippen MR) is 115 cm³/mol. The molecule has 1 aromatic carbocycles. The molecule has 8 nitrogen and oxygen atoms in total. The molecular formula is C23H28N4O4. The van der Waals surface area contributed by atoms with Crippen molar-refractivity contribution in [1.29, 1.82) is 0 Å². The molecule has 1 spiro atoms. The van der Waals surface area contributed by atoms with Crippen molar-refractivity contribution in [3.8, 4) is 11.3 Å². The Morgan fingerprint density at radius 3 is 2.48 bits per heavy atom. The number of hydrogen-bond acceptors (Lipinski definition) is 5. The van der Waals surface area contributed by atoms with Crippen LogP contribution in [0.25, 0.3) is 11.3 Å². The van der Waals surface area contributed by atoms with Crippen LogP contribution in [0.15, 0.2) is 41.3 Å². The van der Waals surface area contributed by atoms with E-state index in [1.165, 1.54) is 6.39 Å². The zero-order valence-corrected chi connectivity index (χ0v) is 18.1. The van der Waals surface area contributed by atoms with Gasteiger partial charge in [-0.05, 0) is 61.3 Å². The van der Waals surface area contributed by atoms with Gasteiger partial charge in [0.2, 0.25) is 5.91 Å². The van der Waals surface area contributed by atoms with Gasteiger partial charge in [0.15, 0.2) is 12.2 Å². The maximum absolute atomic E-state index is 13.1. The number of anilines is 1. The summed E-state index contributed by atoms with van der Waals surface area (Å²) in [7, 11) is 0. The minimum atomic E-state index is -0.863. The van der Waals surface area contributed by atoms with E-state index in [9.17, 15) is 14.4 Å². The van der Waals surface area contributed by atoms with Crippen LogP contribution in [0.1, 0.15) is 46.5 Å². The summed E-state index contributed by atoms with van der Waals surface area (Å²) < 4.78 is 5.25. The average Bonchev–Trinajstić information content (AvgIpc) is 3.32. The topological polar surface area (TPSA) is 105 Å². The van der Waals surface area contributed by atoms with Gasteiger partial charge in [-0.2, -0.15) is 0 Å². The molecule has 0 unspecified atom stereocenters. The minimum absolute atomic E-state index is 0.176. The third kappa shape index (κ3) is 4.19. The van der Waals surface area contributed by atoms with Gasteiger partial charge in [-0.25, -0.2) is 9.78 Å². The quantitative estimate of drug-likeness (QED) is 0.727. The standard InChI is InChI=1S/C23H28N4O4/c1-22(2,3)16-8-10-23(11-9-16)20(29)27(21(30)26-23)13-19(28)25-17-6-4-15(5-7-17)18-12-24-14-31-18/h4-7,12,14,16H,8-11,13H2,1-3H3,(H,25,28)(H,26,30). The SMILES string of the molecule is CC(C)(C)C1CCC2(CC1)NC(=O)N(CC(=O)Nc1ccc(-c3cnco3)cc1)C2=O. The highest BCUT2D eigenvalue weighted by molar-refractivity contribution is 6.10. The van der Waals surface area contributed by atoms with Crippen LogP contribution >= 0.6 is 0 Å². The molecule has 1 aromatic heterocycles. The summed E-state index contributed by atoms with van der Waals surface area (Å²) in [6.07, 6.45) is 5.95. The van der Waals surface area contributed by atoms with Gasteiger partial charge in [0.1, 0.15) is 12.1 Å². The second-order valence-corrected chi connectivity index (χ2v) is 9.54. The van der Waals surface area contributed by atoms with Crippen LogP contribution in [0.3, 0.4) is 0 Å². The van der Waals surface area contributed by atoms with Crippen LogP contribution in [0, 0.1) is 11.3 Å². The van der Waals surface area contributed by atoms with Gasteiger partial charge >= 0.3 is 6.03 Å². The molecule has 4 rings (SSSR count). The first-order valence-corrected chi connectivity index (χ1v) is 10.6. The van der Waals surface area contributed by atoms with Gasteiger partial charge < -0.3 is 15.1 Å². The molecule has 2 fully saturated rings. The molecule has 31 heavy (non-hydrogen) atoms. The second-order valence-electron chi connectivity index (χ2n) is 9.54. The Balaban J connectivity index is 1.36. The van der Waals surface area contributed by atoms with Crippen LogP contribution in [-0.4, -0.2) is 39.8 Å². The fourth-order valence-corrected chi connectivity index (χ4v) is 4.56. The maximum Gasteiger partial charge on any atom is 0.325 e. The Kier molecular flexibility index (Phi) is 5.33. The number of oxazole rings is 1. The monoisotopic (exact) mass is 424 g/mol. The molecule has 164 valence electrons. The van der Waals surface area contributed by atoms with E-state index in [-0.39, 0.29) is 17.9 Å². The van der Waals surface area contributed by atoms with Gasteiger partial charge in [-0.3, -0.25) is 14.5 Å². The highest BCUT2D eigenvalue weighted by Crippen LogP contribution is 2.43. The number of amides is 4. The van der Waals surface area contributed by atoms with Crippen molar-refractivity contribution in [3.63, 3.8) is 0 Å². The van der Waals surface area contributed by atoms with E-state index < -0.39 is 17.5 Å². The Morgan fingerprint density at radius 2 is 1.90 bits per heavy atom. The summed E-state index contributed by atoms with van der Waals surface area (Å²) >= 11 is 0. The summed E-state index contributed by atoms with van der Waals surface area (Å²) in [6.45, 7) is 6.32. The Labute approximate surface area is 181 Å². The number of urea groups is 1. The lowest BCUT2D eigenvalue weighted by Gasteiger charge is -2.40. The number of aromatic nitrogens is 1. The predicted octanol–water partition coefficient (Wildman–Crippen LogP) is 3.81. The van der Waals surface area contributed by atoms with Crippen LogP contribution in [0.5, 0.6) is 0 Å². The van der Waals surface area contributed by atoms with Crippen LogP contribution in [0.4, 0.5) is 10.5 Å². The third-order valence-electron chi connectivity index (χ3n) is 6.50. The zero-order chi connectivity index (χ0) is 22.2. The molecule has 1 saturated carbocycles. The van der Waals surface area contributed by atoms with Gasteiger partial charge in [-0.1, -0.05) is 20.8 Å². The van der Waals surface area contributed by atoms with Crippen molar-refractivity contribution < 1.29 is 18.8 Å². The zero-order valence-electron chi connectivity index (χ0n) is 18.1. The lowest BCUT2D eigenvalue weighted by atomic mass is 9.67. The second kappa shape index (κ2) is 7.83. The molecule has 4 amide bonds. The largest absolute Gasteiger partial charge is 0.444 e. The number of benzene rings is 1. The Bertz CT molecular complexity index is 968. The van der Waals surface area contributed by atoms with E-state index in [2.05, 4.69) is 36.4 Å². The summed E-state index contributed by atoms with van der Waals surface area (Å²) in [5, 5.41) is 5.62. The summed E-state index contributed by atoms with van der Waals surface area (Å²) in [4.78, 5) is 43.0. The van der Waals surface area contributed by atoms with Crippen molar-refractivity contribution in [1.82, 2.24) is 15.2 Å². The Hall–Kier alpha value is -3.16. The average molecular weight is 425 g/mol. The molecule has 0 bridgehead atoms. The van der Waals surface area contributed by atoms with Gasteiger partial charge in [0.05, 0.1) is 6.20 Å². The lowest BCUT2D eigenvalue weighted by molar-refractivity contribution is -0.135. The van der Waals surface area contributed by atoms with Crippen molar-refractivity contribution in [2.45, 2.75) is 52.0 Å². The number of nitrogens with one attached hydrogen (secondary N) is 2. The van der Waals surface area contributed by atoms with E-state index in [4.69, 9.17) is 4.42 Å². The molecule has 1 aliphatic carbocycles. The van der Waals surface area contributed by atoms with Crippen LogP contribution < -0.4 is 10.6 Å². The first kappa shape index (κ1) is 21.1. The molecule has 2 aliphatic rings. The lowest BCUT2D eigenvalue weighted by Crippen LogP contribution is -2.50. The smallest absolute Gasteiger partial charge is 0.325 e. The highest BCUT2D eigenvalue weighted by atomic mass is 16.3. The number of rotatable bonds is 4. The fraction of sp³-hybridized carbons (Fsp3) is 0.478. The number of nitrogens with zero attached hydrogens (tertiary/aromatic N) is 2. The molecular weight excluding hydrogens is 396 g/mol. The third-order valence-corrected chi connectivity index (χ3v) is 6.50. The molecule has 1 aliphatic heterocycles. The minimum Gasteiger partial charge on any atom is -0.444 e. The number of imide groups is 1. The van der Waals surface area contributed by atoms with E-state index >= 15 is 0 Å². The van der Waals surface area contributed by atoms with Gasteiger partial charge in [0, 0.05) is 11.3 Å². The van der Waals surface area contributed by atoms with Gasteiger partial charge in [0.25, 0.3) is 5.91 Å². The summed E-state index contributed by atoms with van der Waals surface area (Å²) in [5.41, 5.74) is 0.714. The number of carbonyl (C=O) groups is 3. The first-order chi connectivity index (χ1) is 14.7. The van der Waals surface area contributed by atoms with E-state index in [0.717, 1.165) is 23.3 Å². The summed E-state index contributed by atoms with van der Waals surface area (Å²) in [6, 6.07) is 6.57. The Morgan fingerprint density at radius 1 is 1.23 bits per heavy atom. The maximum atomic E-state index is 13.1. The number of carbonyl (C=O) groups excluding carboxylic acids is 3. The van der Waals surface area contributed by atoms with Crippen LogP contribution in [-0.2, 0) is 9.59 Å². The van der Waals surface area contributed by atoms with Crippen molar-refractivity contribution >= 4 is 23.5 Å². The molecule has 2 heterocycles. The van der Waals surface area contributed by atoms with E-state index in [1.54, 1.807) is 30.5 Å². The van der Waals surface area contributed by atoms with Gasteiger partial charge in [-0.15, -0.1) is 0 Å². The van der Waals surface area contributed by atoms with Crippen molar-refractivity contribution in [2.75, 3.05) is 11.9 Å². The van der Waals surface area contributed by atoms with E-state index in [0.29, 0.717) is 30.2 Å². The van der Waals surface area contributed by atoms with Crippen LogP contribution in [0.2, 0.25) is 0 Å². The molecule has 8 heteroatoms. The fourth-order valence-electron chi connectivity index (χ4n) is 4.56. The first-order valence-electron chi connectivity index (χ1n) is 10.6. The highest BCUT2D eigenvalue weighted by Gasteiger charge is 2.53. The normalized spacial score (nSPS) is 23.8. The molecule has 1 saturated heterocycles. The van der Waals surface area contributed by atoms with Crippen molar-refractivity contribution in [3.05, 3.63) is 36.9 Å². The molecule has 0 radical (unpaired) electrons. The number of hydrogen-bond donors (Lipinski definition) is 2. The molecule has 2 aromatic rings. The van der Waals surface area contributed by atoms with E-state index in [1.807, 2.05) is 0 Å². The summed E-state index contributed by atoms with van der Waals surface area (Å²) in [5.74, 6) is 0.431. The van der Waals surface area contributed by atoms with Crippen molar-refractivity contribution in [2.24, 2.45) is 11.3 Å². The molecule has 2 N–H and O–H groups in total.